The van der Waals surface area contributed by atoms with Crippen molar-refractivity contribution >= 4 is 0 Å². The quantitative estimate of drug-likeness (QED) is 0.651. The first kappa shape index (κ1) is 12.8. The van der Waals surface area contributed by atoms with Crippen molar-refractivity contribution in [1.82, 2.24) is 0 Å². The van der Waals surface area contributed by atoms with Crippen LogP contribution in [0.2, 0.25) is 0 Å². The largest absolute Gasteiger partial charge is 0.378 e. The van der Waals surface area contributed by atoms with E-state index in [0.29, 0.717) is 13.0 Å². The van der Waals surface area contributed by atoms with E-state index in [2.05, 4.69) is 20.8 Å². The summed E-state index contributed by atoms with van der Waals surface area (Å²) in [6.45, 7) is 8.65. The molecule has 0 saturated heterocycles. The van der Waals surface area contributed by atoms with Gasteiger partial charge in [-0.1, -0.05) is 20.8 Å². The maximum absolute atomic E-state index is 11.8. The van der Waals surface area contributed by atoms with Crippen molar-refractivity contribution in [3.63, 3.8) is 0 Å². The molecule has 0 rings (SSSR count). The lowest BCUT2D eigenvalue weighted by Gasteiger charge is -2.21. The predicted octanol–water partition coefficient (Wildman–Crippen LogP) is 3.48. The third-order valence-corrected chi connectivity index (χ3v) is 1.59. The molecule has 0 aromatic heterocycles. The summed E-state index contributed by atoms with van der Waals surface area (Å²) in [5.41, 5.74) is 0.110. The van der Waals surface area contributed by atoms with E-state index in [-0.39, 0.29) is 17.9 Å². The van der Waals surface area contributed by atoms with E-state index < -0.39 is 6.43 Å². The first-order valence-corrected chi connectivity index (χ1v) is 4.71. The molecule has 13 heavy (non-hydrogen) atoms. The summed E-state index contributed by atoms with van der Waals surface area (Å²) in [5, 5.41) is 0. The van der Waals surface area contributed by atoms with Gasteiger partial charge in [-0.2, -0.15) is 0 Å². The third kappa shape index (κ3) is 9.74. The standard InChI is InChI=1S/C10H20F2O/c1-8(5-6-9(11)12)13-7-10(2,3)4/h8-9H,5-7H2,1-4H3. The van der Waals surface area contributed by atoms with Crippen molar-refractivity contribution in [2.45, 2.75) is 53.1 Å². The molecule has 0 fully saturated rings. The number of ether oxygens (including phenoxy) is 1. The second kappa shape index (κ2) is 5.53. The Balaban J connectivity index is 3.46. The van der Waals surface area contributed by atoms with Gasteiger partial charge in [-0.25, -0.2) is 8.78 Å². The molecule has 0 spiro atoms. The van der Waals surface area contributed by atoms with Gasteiger partial charge in [0.15, 0.2) is 0 Å². The Morgan fingerprint density at radius 2 is 1.69 bits per heavy atom. The lowest BCUT2D eigenvalue weighted by Crippen LogP contribution is -2.20. The molecule has 0 aliphatic heterocycles. The lowest BCUT2D eigenvalue weighted by molar-refractivity contribution is 0.00416. The fourth-order valence-corrected chi connectivity index (χ4v) is 0.836. The maximum Gasteiger partial charge on any atom is 0.238 e. The van der Waals surface area contributed by atoms with Gasteiger partial charge in [0.05, 0.1) is 12.7 Å². The maximum atomic E-state index is 11.8. The van der Waals surface area contributed by atoms with Crippen molar-refractivity contribution < 1.29 is 13.5 Å². The molecule has 3 heteroatoms. The minimum atomic E-state index is -2.21. The average molecular weight is 194 g/mol. The van der Waals surface area contributed by atoms with Crippen molar-refractivity contribution in [3.05, 3.63) is 0 Å². The molecule has 1 nitrogen and oxygen atoms in total. The smallest absolute Gasteiger partial charge is 0.238 e. The fraction of sp³-hybridized carbons (Fsp3) is 1.00. The van der Waals surface area contributed by atoms with Gasteiger partial charge in [-0.3, -0.25) is 0 Å². The zero-order valence-corrected chi connectivity index (χ0v) is 8.94. The Bertz CT molecular complexity index is 129. The van der Waals surface area contributed by atoms with Crippen LogP contribution < -0.4 is 0 Å². The fourth-order valence-electron chi connectivity index (χ4n) is 0.836. The van der Waals surface area contributed by atoms with Crippen LogP contribution in [0.25, 0.3) is 0 Å². The van der Waals surface area contributed by atoms with E-state index in [4.69, 9.17) is 4.74 Å². The van der Waals surface area contributed by atoms with E-state index in [1.165, 1.54) is 0 Å². The second-order valence-electron chi connectivity index (χ2n) is 4.65. The van der Waals surface area contributed by atoms with Gasteiger partial charge < -0.3 is 4.74 Å². The minimum Gasteiger partial charge on any atom is -0.378 e. The summed E-state index contributed by atoms with van der Waals surface area (Å²) in [7, 11) is 0. The molecule has 0 aromatic carbocycles. The molecule has 0 radical (unpaired) electrons. The molecule has 1 unspecified atom stereocenters. The van der Waals surface area contributed by atoms with Gasteiger partial charge in [0.2, 0.25) is 6.43 Å². The Hall–Kier alpha value is -0.180. The molecule has 0 N–H and O–H groups in total. The monoisotopic (exact) mass is 194 g/mol. The van der Waals surface area contributed by atoms with Crippen LogP contribution in [-0.2, 0) is 4.74 Å². The highest BCUT2D eigenvalue weighted by Gasteiger charge is 2.13. The number of rotatable bonds is 5. The summed E-state index contributed by atoms with van der Waals surface area (Å²) in [5.74, 6) is 0. The molecule has 0 aromatic rings. The van der Waals surface area contributed by atoms with Crippen LogP contribution in [0.1, 0.15) is 40.5 Å². The van der Waals surface area contributed by atoms with Gasteiger partial charge >= 0.3 is 0 Å². The van der Waals surface area contributed by atoms with E-state index in [0.717, 1.165) is 0 Å². The highest BCUT2D eigenvalue weighted by molar-refractivity contribution is 4.61. The highest BCUT2D eigenvalue weighted by Crippen LogP contribution is 2.16. The molecule has 0 saturated carbocycles. The van der Waals surface area contributed by atoms with E-state index in [1.54, 1.807) is 0 Å². The summed E-state index contributed by atoms with van der Waals surface area (Å²) in [6, 6.07) is 0. The molecular weight excluding hydrogens is 174 g/mol. The van der Waals surface area contributed by atoms with Gasteiger partial charge in [-0.05, 0) is 18.8 Å². The molecule has 80 valence electrons. The normalized spacial score (nSPS) is 15.0. The average Bonchev–Trinajstić information content (AvgIpc) is 1.95. The van der Waals surface area contributed by atoms with Gasteiger partial charge in [0.1, 0.15) is 0 Å². The van der Waals surface area contributed by atoms with E-state index in [9.17, 15) is 8.78 Å². The summed E-state index contributed by atoms with van der Waals surface area (Å²) in [4.78, 5) is 0. The number of hydrogen-bond acceptors (Lipinski definition) is 1. The second-order valence-corrected chi connectivity index (χ2v) is 4.65. The minimum absolute atomic E-state index is 0.0618. The molecule has 0 bridgehead atoms. The van der Waals surface area contributed by atoms with Crippen LogP contribution in [0.15, 0.2) is 0 Å². The van der Waals surface area contributed by atoms with Crippen LogP contribution in [0.5, 0.6) is 0 Å². The van der Waals surface area contributed by atoms with Gasteiger partial charge in [-0.15, -0.1) is 0 Å². The Kier molecular flexibility index (Phi) is 5.45. The van der Waals surface area contributed by atoms with E-state index in [1.807, 2.05) is 6.92 Å². The predicted molar refractivity (Wildman–Crippen MR) is 50.1 cm³/mol. The topological polar surface area (TPSA) is 9.23 Å². The number of alkyl halides is 2. The number of hydrogen-bond donors (Lipinski definition) is 0. The molecule has 0 aliphatic rings. The van der Waals surface area contributed by atoms with Crippen LogP contribution >= 0.6 is 0 Å². The summed E-state index contributed by atoms with van der Waals surface area (Å²) in [6.07, 6.45) is -1.90. The summed E-state index contributed by atoms with van der Waals surface area (Å²) < 4.78 is 29.1. The van der Waals surface area contributed by atoms with Crippen LogP contribution in [0, 0.1) is 5.41 Å². The molecule has 0 aliphatic carbocycles. The van der Waals surface area contributed by atoms with Crippen molar-refractivity contribution in [3.8, 4) is 0 Å². The Labute approximate surface area is 79.5 Å². The third-order valence-electron chi connectivity index (χ3n) is 1.59. The van der Waals surface area contributed by atoms with Crippen molar-refractivity contribution in [2.24, 2.45) is 5.41 Å². The molecule has 1 atom stereocenters. The molecular formula is C10H20F2O. The first-order chi connectivity index (χ1) is 5.81. The van der Waals surface area contributed by atoms with Crippen molar-refractivity contribution in [1.29, 1.82) is 0 Å². The molecule has 0 amide bonds. The first-order valence-electron chi connectivity index (χ1n) is 4.71. The van der Waals surface area contributed by atoms with Crippen LogP contribution in [-0.4, -0.2) is 19.1 Å². The zero-order chi connectivity index (χ0) is 10.5. The number of halogens is 2. The zero-order valence-electron chi connectivity index (χ0n) is 8.94. The Morgan fingerprint density at radius 3 is 2.08 bits per heavy atom. The lowest BCUT2D eigenvalue weighted by atomic mass is 9.98. The summed E-state index contributed by atoms with van der Waals surface area (Å²) >= 11 is 0. The Morgan fingerprint density at radius 1 is 1.15 bits per heavy atom. The van der Waals surface area contributed by atoms with E-state index >= 15 is 0 Å². The SMILES string of the molecule is CC(CCC(F)F)OCC(C)(C)C. The van der Waals surface area contributed by atoms with Crippen LogP contribution in [0.3, 0.4) is 0 Å². The van der Waals surface area contributed by atoms with Crippen molar-refractivity contribution in [2.75, 3.05) is 6.61 Å². The molecule has 0 heterocycles. The van der Waals surface area contributed by atoms with Gasteiger partial charge in [0, 0.05) is 6.42 Å². The van der Waals surface area contributed by atoms with Crippen LogP contribution in [0.4, 0.5) is 8.78 Å². The highest BCUT2D eigenvalue weighted by atomic mass is 19.3. The van der Waals surface area contributed by atoms with Gasteiger partial charge in [0.25, 0.3) is 0 Å².